The molecule has 0 radical (unpaired) electrons. The monoisotopic (exact) mass is 265 g/mol. The molecule has 0 aliphatic carbocycles. The molecule has 0 saturated heterocycles. The quantitative estimate of drug-likeness (QED) is 0.814. The van der Waals surface area contributed by atoms with Crippen molar-refractivity contribution in [2.75, 3.05) is 6.54 Å². The molecule has 0 unspecified atom stereocenters. The van der Waals surface area contributed by atoms with Gasteiger partial charge in [0.25, 0.3) is 5.91 Å². The van der Waals surface area contributed by atoms with E-state index in [4.69, 9.17) is 18.0 Å². The molecule has 1 amide bonds. The second-order valence-corrected chi connectivity index (χ2v) is 5.46. The van der Waals surface area contributed by atoms with E-state index < -0.39 is 5.41 Å². The van der Waals surface area contributed by atoms with Crippen molar-refractivity contribution in [1.29, 1.82) is 0 Å². The molecule has 0 bridgehead atoms. The topological polar surface area (TPSA) is 68.0 Å². The van der Waals surface area contributed by atoms with Crippen molar-refractivity contribution in [1.82, 2.24) is 10.3 Å². The zero-order valence-corrected chi connectivity index (χ0v) is 12.0. The average molecular weight is 265 g/mol. The third kappa shape index (κ3) is 3.50. The van der Waals surface area contributed by atoms with Crippen molar-refractivity contribution in [2.45, 2.75) is 27.7 Å². The van der Waals surface area contributed by atoms with Crippen LogP contribution in [0.5, 0.6) is 0 Å². The van der Waals surface area contributed by atoms with Crippen molar-refractivity contribution in [3.63, 3.8) is 0 Å². The lowest BCUT2D eigenvalue weighted by molar-refractivity contribution is 0.0944. The van der Waals surface area contributed by atoms with Crippen molar-refractivity contribution in [3.05, 3.63) is 29.1 Å². The number of aromatic nitrogens is 1. The first-order valence-electron chi connectivity index (χ1n) is 5.76. The Bertz CT molecular complexity index is 483. The zero-order valence-electron chi connectivity index (χ0n) is 11.2. The largest absolute Gasteiger partial charge is 0.393 e. The van der Waals surface area contributed by atoms with E-state index in [0.29, 0.717) is 17.1 Å². The molecule has 5 heteroatoms. The number of nitrogens with two attached hydrogens (primary N) is 1. The minimum Gasteiger partial charge on any atom is -0.393 e. The molecule has 1 heterocycles. The van der Waals surface area contributed by atoms with Gasteiger partial charge in [0, 0.05) is 17.7 Å². The fraction of sp³-hybridized carbons (Fsp3) is 0.462. The molecule has 98 valence electrons. The lowest BCUT2D eigenvalue weighted by atomic mass is 9.93. The fourth-order valence-corrected chi connectivity index (χ4v) is 1.48. The third-order valence-electron chi connectivity index (χ3n) is 2.83. The number of amides is 1. The summed E-state index contributed by atoms with van der Waals surface area (Å²) in [6.07, 6.45) is 0. The van der Waals surface area contributed by atoms with Crippen LogP contribution in [-0.4, -0.2) is 22.4 Å². The first kappa shape index (κ1) is 14.6. The summed E-state index contributed by atoms with van der Waals surface area (Å²) in [5, 5.41) is 2.83. The van der Waals surface area contributed by atoms with Gasteiger partial charge in [0.15, 0.2) is 0 Å². The Kier molecular flexibility index (Phi) is 4.40. The van der Waals surface area contributed by atoms with Gasteiger partial charge >= 0.3 is 0 Å². The summed E-state index contributed by atoms with van der Waals surface area (Å²) in [4.78, 5) is 16.7. The number of carbonyl (C=O) groups excluding carboxylic acids is 1. The normalized spacial score (nSPS) is 11.1. The van der Waals surface area contributed by atoms with Crippen LogP contribution in [0.1, 0.15) is 35.6 Å². The molecule has 0 fully saturated rings. The number of pyridine rings is 1. The lowest BCUT2D eigenvalue weighted by Crippen LogP contribution is -2.41. The molecule has 1 rings (SSSR count). The van der Waals surface area contributed by atoms with Crippen LogP contribution in [0.3, 0.4) is 0 Å². The SMILES string of the molecule is Cc1ccc(C(=O)NCC(C)(C)C(N)=S)c(C)n1. The van der Waals surface area contributed by atoms with Crippen LogP contribution in [-0.2, 0) is 0 Å². The van der Waals surface area contributed by atoms with E-state index in [9.17, 15) is 4.79 Å². The zero-order chi connectivity index (χ0) is 13.9. The van der Waals surface area contributed by atoms with Crippen LogP contribution in [0.15, 0.2) is 12.1 Å². The highest BCUT2D eigenvalue weighted by Crippen LogP contribution is 2.14. The lowest BCUT2D eigenvalue weighted by Gasteiger charge is -2.23. The van der Waals surface area contributed by atoms with Gasteiger partial charge in [0.2, 0.25) is 0 Å². The van der Waals surface area contributed by atoms with E-state index in [1.165, 1.54) is 0 Å². The van der Waals surface area contributed by atoms with E-state index in [2.05, 4.69) is 10.3 Å². The molecule has 0 atom stereocenters. The molecule has 0 aliphatic heterocycles. The van der Waals surface area contributed by atoms with Crippen LogP contribution in [0, 0.1) is 19.3 Å². The van der Waals surface area contributed by atoms with Gasteiger partial charge in [-0.15, -0.1) is 0 Å². The van der Waals surface area contributed by atoms with Crippen LogP contribution >= 0.6 is 12.2 Å². The Balaban J connectivity index is 2.75. The first-order valence-corrected chi connectivity index (χ1v) is 6.17. The third-order valence-corrected chi connectivity index (χ3v) is 3.38. The minimum atomic E-state index is -0.392. The molecular formula is C13H19N3OS. The summed E-state index contributed by atoms with van der Waals surface area (Å²) < 4.78 is 0. The van der Waals surface area contributed by atoms with Crippen LogP contribution in [0.4, 0.5) is 0 Å². The highest BCUT2D eigenvalue weighted by atomic mass is 32.1. The number of hydrogen-bond acceptors (Lipinski definition) is 3. The Morgan fingerprint density at radius 3 is 2.56 bits per heavy atom. The van der Waals surface area contributed by atoms with E-state index in [1.54, 1.807) is 6.07 Å². The Hall–Kier alpha value is -1.49. The second kappa shape index (κ2) is 5.44. The van der Waals surface area contributed by atoms with Crippen molar-refractivity contribution in [2.24, 2.45) is 11.1 Å². The number of carbonyl (C=O) groups is 1. The molecule has 0 aromatic carbocycles. The number of rotatable bonds is 4. The maximum atomic E-state index is 12.0. The predicted octanol–water partition coefficient (Wildman–Crippen LogP) is 1.74. The van der Waals surface area contributed by atoms with E-state index in [-0.39, 0.29) is 5.91 Å². The molecule has 3 N–H and O–H groups in total. The van der Waals surface area contributed by atoms with Crippen molar-refractivity contribution in [3.8, 4) is 0 Å². The summed E-state index contributed by atoms with van der Waals surface area (Å²) in [5.74, 6) is -0.149. The van der Waals surface area contributed by atoms with Gasteiger partial charge in [0.05, 0.1) is 16.2 Å². The molecule has 18 heavy (non-hydrogen) atoms. The highest BCUT2D eigenvalue weighted by Gasteiger charge is 2.22. The summed E-state index contributed by atoms with van der Waals surface area (Å²) in [7, 11) is 0. The van der Waals surface area contributed by atoms with Crippen molar-refractivity contribution >= 4 is 23.1 Å². The number of nitrogens with one attached hydrogen (secondary N) is 1. The number of aryl methyl sites for hydroxylation is 2. The van der Waals surface area contributed by atoms with Crippen LogP contribution < -0.4 is 11.1 Å². The Morgan fingerprint density at radius 2 is 2.06 bits per heavy atom. The molecular weight excluding hydrogens is 246 g/mol. The number of nitrogens with zero attached hydrogens (tertiary/aromatic N) is 1. The molecule has 0 saturated carbocycles. The number of thiocarbonyl (C=S) groups is 1. The average Bonchev–Trinajstić information content (AvgIpc) is 2.25. The van der Waals surface area contributed by atoms with E-state index in [1.807, 2.05) is 33.8 Å². The summed E-state index contributed by atoms with van der Waals surface area (Å²) in [6.45, 7) is 7.92. The van der Waals surface area contributed by atoms with Gasteiger partial charge in [-0.2, -0.15) is 0 Å². The minimum absolute atomic E-state index is 0.149. The summed E-state index contributed by atoms with van der Waals surface area (Å²) in [5.41, 5.74) is 7.42. The Labute approximate surface area is 113 Å². The van der Waals surface area contributed by atoms with E-state index >= 15 is 0 Å². The van der Waals surface area contributed by atoms with Gasteiger partial charge in [-0.25, -0.2) is 0 Å². The van der Waals surface area contributed by atoms with E-state index in [0.717, 1.165) is 11.4 Å². The molecule has 1 aromatic rings. The highest BCUT2D eigenvalue weighted by molar-refractivity contribution is 7.80. The summed E-state index contributed by atoms with van der Waals surface area (Å²) >= 11 is 4.96. The smallest absolute Gasteiger partial charge is 0.253 e. The Morgan fingerprint density at radius 1 is 1.44 bits per heavy atom. The molecule has 4 nitrogen and oxygen atoms in total. The van der Waals surface area contributed by atoms with Gasteiger partial charge in [-0.1, -0.05) is 26.1 Å². The van der Waals surface area contributed by atoms with Crippen LogP contribution in [0.2, 0.25) is 0 Å². The molecule has 0 spiro atoms. The summed E-state index contributed by atoms with van der Waals surface area (Å²) in [6, 6.07) is 3.60. The molecule has 1 aromatic heterocycles. The van der Waals surface area contributed by atoms with Gasteiger partial charge < -0.3 is 11.1 Å². The maximum Gasteiger partial charge on any atom is 0.253 e. The van der Waals surface area contributed by atoms with Gasteiger partial charge in [-0.3, -0.25) is 9.78 Å². The van der Waals surface area contributed by atoms with Gasteiger partial charge in [-0.05, 0) is 26.0 Å². The maximum absolute atomic E-state index is 12.0. The standard InChI is InChI=1S/C13H19N3OS/c1-8-5-6-10(9(2)16-8)11(17)15-7-13(3,4)12(14)18/h5-6H,7H2,1-4H3,(H2,14,18)(H,15,17). The second-order valence-electron chi connectivity index (χ2n) is 5.02. The molecule has 0 aliphatic rings. The fourth-order valence-electron chi connectivity index (χ4n) is 1.41. The number of hydrogen-bond donors (Lipinski definition) is 2. The first-order chi connectivity index (χ1) is 8.24. The van der Waals surface area contributed by atoms with Gasteiger partial charge in [0.1, 0.15) is 0 Å². The predicted molar refractivity (Wildman–Crippen MR) is 76.6 cm³/mol. The van der Waals surface area contributed by atoms with Crippen molar-refractivity contribution < 1.29 is 4.79 Å². The van der Waals surface area contributed by atoms with Crippen LogP contribution in [0.25, 0.3) is 0 Å².